The zero-order valence-electron chi connectivity index (χ0n) is 16.1. The molecular weight excluding hydrogens is 352 g/mol. The summed E-state index contributed by atoms with van der Waals surface area (Å²) in [6, 6.07) is 4.26. The van der Waals surface area contributed by atoms with Crippen molar-refractivity contribution in [2.24, 2.45) is 5.92 Å². The van der Waals surface area contributed by atoms with Gasteiger partial charge in [0.1, 0.15) is 5.75 Å². The first-order valence-electron chi connectivity index (χ1n) is 9.26. The first kappa shape index (κ1) is 20.7. The van der Waals surface area contributed by atoms with E-state index in [0.29, 0.717) is 24.4 Å². The van der Waals surface area contributed by atoms with Gasteiger partial charge in [0.05, 0.1) is 17.6 Å². The molecule has 0 aliphatic carbocycles. The van der Waals surface area contributed by atoms with Gasteiger partial charge < -0.3 is 9.64 Å². The molecule has 2 rings (SSSR count). The highest BCUT2D eigenvalue weighted by Crippen LogP contribution is 2.25. The number of benzene rings is 1. The van der Waals surface area contributed by atoms with E-state index in [1.54, 1.807) is 11.0 Å². The van der Waals surface area contributed by atoms with E-state index in [4.69, 9.17) is 4.74 Å². The fourth-order valence-electron chi connectivity index (χ4n) is 2.91. The van der Waals surface area contributed by atoms with E-state index in [9.17, 15) is 13.2 Å². The van der Waals surface area contributed by atoms with Crippen molar-refractivity contribution in [1.82, 2.24) is 9.62 Å². The zero-order valence-corrected chi connectivity index (χ0v) is 16.9. The number of carbonyl (C=O) groups is 1. The quantitative estimate of drug-likeness (QED) is 0.820. The Hall–Kier alpha value is -1.60. The van der Waals surface area contributed by atoms with Crippen molar-refractivity contribution in [3.8, 4) is 5.75 Å². The zero-order chi connectivity index (χ0) is 19.3. The Bertz CT molecular complexity index is 723. The van der Waals surface area contributed by atoms with Crippen LogP contribution < -0.4 is 9.46 Å². The van der Waals surface area contributed by atoms with Gasteiger partial charge in [-0.2, -0.15) is 0 Å². The number of methoxy groups -OCH3 is 1. The molecule has 6 nitrogen and oxygen atoms in total. The molecule has 26 heavy (non-hydrogen) atoms. The Balaban J connectivity index is 2.34. The monoisotopic (exact) mass is 382 g/mol. The summed E-state index contributed by atoms with van der Waals surface area (Å²) in [6.07, 6.45) is 4.18. The predicted molar refractivity (Wildman–Crippen MR) is 102 cm³/mol. The molecule has 1 aliphatic rings. The van der Waals surface area contributed by atoms with Crippen molar-refractivity contribution < 1.29 is 17.9 Å². The number of ether oxygens (including phenoxy) is 1. The summed E-state index contributed by atoms with van der Waals surface area (Å²) in [7, 11) is -2.21. The maximum absolute atomic E-state index is 13.0. The van der Waals surface area contributed by atoms with Crippen molar-refractivity contribution in [2.75, 3.05) is 20.2 Å². The van der Waals surface area contributed by atoms with Crippen LogP contribution in [0.1, 0.15) is 56.8 Å². The van der Waals surface area contributed by atoms with Crippen molar-refractivity contribution in [3.63, 3.8) is 0 Å². The molecular formula is C19H30N2O4S. The highest BCUT2D eigenvalue weighted by molar-refractivity contribution is 7.89. The number of hydrogen-bond donors (Lipinski definition) is 1. The van der Waals surface area contributed by atoms with Crippen molar-refractivity contribution >= 4 is 15.9 Å². The normalized spacial score (nSPS) is 17.0. The standard InChI is InChI=1S/C19H30N2O4S/c1-14(2)15(3)20-26(23,24)16-9-10-18(25-4)17(13-16)19(22)21-11-7-5-6-8-12-21/h9-10,13-15,20H,5-8,11-12H2,1-4H3/t15-/m0/s1. The minimum Gasteiger partial charge on any atom is -0.496 e. The molecule has 1 fully saturated rings. The van der Waals surface area contributed by atoms with Crippen molar-refractivity contribution in [3.05, 3.63) is 23.8 Å². The van der Waals surface area contributed by atoms with E-state index in [1.807, 2.05) is 20.8 Å². The average molecular weight is 383 g/mol. The third-order valence-electron chi connectivity index (χ3n) is 4.95. The number of carbonyl (C=O) groups excluding carboxylic acids is 1. The van der Waals surface area contributed by atoms with E-state index < -0.39 is 10.0 Å². The summed E-state index contributed by atoms with van der Waals surface area (Å²) >= 11 is 0. The lowest BCUT2D eigenvalue weighted by Crippen LogP contribution is -2.36. The lowest BCUT2D eigenvalue weighted by atomic mass is 10.1. The topological polar surface area (TPSA) is 75.7 Å². The van der Waals surface area contributed by atoms with Crippen LogP contribution in [0.5, 0.6) is 5.75 Å². The van der Waals surface area contributed by atoms with Gasteiger partial charge in [-0.05, 0) is 43.9 Å². The van der Waals surface area contributed by atoms with Crippen LogP contribution in [0, 0.1) is 5.92 Å². The fourth-order valence-corrected chi connectivity index (χ4v) is 4.33. The molecule has 1 N–H and O–H groups in total. The minimum absolute atomic E-state index is 0.0870. The SMILES string of the molecule is COc1ccc(S(=O)(=O)N[C@@H](C)C(C)C)cc1C(=O)N1CCCCCC1. The fraction of sp³-hybridized carbons (Fsp3) is 0.632. The number of likely N-dealkylation sites (tertiary alicyclic amines) is 1. The maximum atomic E-state index is 13.0. The van der Waals surface area contributed by atoms with E-state index in [1.165, 1.54) is 19.2 Å². The van der Waals surface area contributed by atoms with E-state index >= 15 is 0 Å². The molecule has 1 atom stereocenters. The third-order valence-corrected chi connectivity index (χ3v) is 6.50. The molecule has 0 bridgehead atoms. The van der Waals surface area contributed by atoms with Gasteiger partial charge in [-0.15, -0.1) is 0 Å². The minimum atomic E-state index is -3.70. The lowest BCUT2D eigenvalue weighted by molar-refractivity contribution is 0.0758. The van der Waals surface area contributed by atoms with Gasteiger partial charge in [0.25, 0.3) is 5.91 Å². The summed E-state index contributed by atoms with van der Waals surface area (Å²) in [5.41, 5.74) is 0.300. The predicted octanol–water partition coefficient (Wildman–Crippen LogP) is 3.03. The number of nitrogens with zero attached hydrogens (tertiary/aromatic N) is 1. The highest BCUT2D eigenvalue weighted by Gasteiger charge is 2.25. The molecule has 0 saturated carbocycles. The Morgan fingerprint density at radius 2 is 1.73 bits per heavy atom. The van der Waals surface area contributed by atoms with Gasteiger partial charge in [0.15, 0.2) is 0 Å². The molecule has 0 spiro atoms. The van der Waals surface area contributed by atoms with Gasteiger partial charge >= 0.3 is 0 Å². The molecule has 1 aliphatic heterocycles. The van der Waals surface area contributed by atoms with Crippen molar-refractivity contribution in [2.45, 2.75) is 57.4 Å². The van der Waals surface area contributed by atoms with Crippen LogP contribution in [0.3, 0.4) is 0 Å². The second-order valence-corrected chi connectivity index (χ2v) is 8.94. The molecule has 0 unspecified atom stereocenters. The number of hydrogen-bond acceptors (Lipinski definition) is 4. The average Bonchev–Trinajstić information content (AvgIpc) is 2.89. The maximum Gasteiger partial charge on any atom is 0.257 e. The summed E-state index contributed by atoms with van der Waals surface area (Å²) in [6.45, 7) is 7.13. The molecule has 1 aromatic carbocycles. The molecule has 146 valence electrons. The Morgan fingerprint density at radius 1 is 1.12 bits per heavy atom. The molecule has 7 heteroatoms. The van der Waals surface area contributed by atoms with Gasteiger partial charge in [0, 0.05) is 19.1 Å². The first-order chi connectivity index (χ1) is 12.3. The van der Waals surface area contributed by atoms with Gasteiger partial charge in [0.2, 0.25) is 10.0 Å². The second-order valence-electron chi connectivity index (χ2n) is 7.22. The van der Waals surface area contributed by atoms with Crippen LogP contribution in [0.15, 0.2) is 23.1 Å². The number of sulfonamides is 1. The smallest absolute Gasteiger partial charge is 0.257 e. The van der Waals surface area contributed by atoms with Gasteiger partial charge in [-0.1, -0.05) is 26.7 Å². The van der Waals surface area contributed by atoms with Crippen LogP contribution in [-0.2, 0) is 10.0 Å². The van der Waals surface area contributed by atoms with Gasteiger partial charge in [-0.25, -0.2) is 13.1 Å². The molecule has 0 aromatic heterocycles. The largest absolute Gasteiger partial charge is 0.496 e. The summed E-state index contributed by atoms with van der Waals surface area (Å²) < 4.78 is 33.3. The Labute approximate surface area is 157 Å². The van der Waals surface area contributed by atoms with E-state index in [2.05, 4.69) is 4.72 Å². The van der Waals surface area contributed by atoms with Crippen LogP contribution in [0.25, 0.3) is 0 Å². The molecule has 1 saturated heterocycles. The number of amides is 1. The summed E-state index contributed by atoms with van der Waals surface area (Å²) in [5, 5.41) is 0. The van der Waals surface area contributed by atoms with Crippen LogP contribution in [0.4, 0.5) is 0 Å². The van der Waals surface area contributed by atoms with Crippen LogP contribution in [-0.4, -0.2) is 45.5 Å². The van der Waals surface area contributed by atoms with Crippen LogP contribution in [0.2, 0.25) is 0 Å². The Morgan fingerprint density at radius 3 is 2.27 bits per heavy atom. The van der Waals surface area contributed by atoms with E-state index in [0.717, 1.165) is 25.7 Å². The third kappa shape index (κ3) is 4.98. The molecule has 1 aromatic rings. The number of nitrogens with one attached hydrogen (secondary N) is 1. The molecule has 1 amide bonds. The van der Waals surface area contributed by atoms with Crippen molar-refractivity contribution in [1.29, 1.82) is 0 Å². The van der Waals surface area contributed by atoms with Gasteiger partial charge in [-0.3, -0.25) is 4.79 Å². The van der Waals surface area contributed by atoms with Crippen LogP contribution >= 0.6 is 0 Å². The molecule has 0 radical (unpaired) electrons. The highest BCUT2D eigenvalue weighted by atomic mass is 32.2. The first-order valence-corrected chi connectivity index (χ1v) is 10.7. The second kappa shape index (κ2) is 8.86. The van der Waals surface area contributed by atoms with E-state index in [-0.39, 0.29) is 22.8 Å². The molecule has 1 heterocycles. The lowest BCUT2D eigenvalue weighted by Gasteiger charge is -2.22. The Kier molecular flexibility index (Phi) is 7.06. The summed E-state index contributed by atoms with van der Waals surface area (Å²) in [4.78, 5) is 14.9. The number of rotatable bonds is 6. The summed E-state index contributed by atoms with van der Waals surface area (Å²) in [5.74, 6) is 0.397.